The molecule has 4 rings (SSSR count). The van der Waals surface area contributed by atoms with Crippen LogP contribution in [0.15, 0.2) is 42.5 Å². The van der Waals surface area contributed by atoms with Crippen molar-refractivity contribution in [3.63, 3.8) is 0 Å². The summed E-state index contributed by atoms with van der Waals surface area (Å²) in [5, 5.41) is 0. The number of methoxy groups -OCH3 is 1. The van der Waals surface area contributed by atoms with Crippen LogP contribution in [0.5, 0.6) is 11.5 Å². The predicted molar refractivity (Wildman–Crippen MR) is 120 cm³/mol. The highest BCUT2D eigenvalue weighted by Crippen LogP contribution is 2.48. The summed E-state index contributed by atoms with van der Waals surface area (Å²) in [5.74, 6) is -3.02. The molecule has 2 aliphatic rings. The third kappa shape index (κ3) is 4.94. The van der Waals surface area contributed by atoms with Crippen LogP contribution in [0, 0.1) is 35.2 Å². The third-order valence-corrected chi connectivity index (χ3v) is 7.24. The van der Waals surface area contributed by atoms with Crippen LogP contribution in [0.1, 0.15) is 67.3 Å². The van der Waals surface area contributed by atoms with E-state index >= 15 is 0 Å². The Morgan fingerprint density at radius 1 is 0.939 bits per heavy atom. The van der Waals surface area contributed by atoms with Crippen LogP contribution in [0.3, 0.4) is 0 Å². The number of carbonyl (C=O) groups is 1. The van der Waals surface area contributed by atoms with Crippen LogP contribution in [-0.2, 0) is 0 Å². The molecule has 0 aliphatic heterocycles. The Morgan fingerprint density at radius 2 is 1.64 bits per heavy atom. The van der Waals surface area contributed by atoms with Crippen molar-refractivity contribution < 1.29 is 27.4 Å². The summed E-state index contributed by atoms with van der Waals surface area (Å²) in [6.45, 7) is 2.07. The van der Waals surface area contributed by atoms with E-state index in [0.717, 1.165) is 42.9 Å². The molecule has 0 spiro atoms. The molecule has 3 nitrogen and oxygen atoms in total. The highest BCUT2D eigenvalue weighted by molar-refractivity contribution is 5.91. The van der Waals surface area contributed by atoms with Gasteiger partial charge in [-0.3, -0.25) is 0 Å². The summed E-state index contributed by atoms with van der Waals surface area (Å²) >= 11 is 0. The molecule has 0 bridgehead atoms. The molecule has 2 fully saturated rings. The van der Waals surface area contributed by atoms with Crippen LogP contribution in [0.4, 0.5) is 13.2 Å². The summed E-state index contributed by atoms with van der Waals surface area (Å²) in [7, 11) is 1.20. The molecule has 0 N–H and O–H groups in total. The minimum atomic E-state index is -1.36. The number of hydrogen-bond acceptors (Lipinski definition) is 3. The van der Waals surface area contributed by atoms with E-state index in [4.69, 9.17) is 9.47 Å². The van der Waals surface area contributed by atoms with E-state index in [2.05, 4.69) is 19.1 Å². The Balaban J connectivity index is 1.43. The van der Waals surface area contributed by atoms with Gasteiger partial charge in [-0.15, -0.1) is 0 Å². The first-order chi connectivity index (χ1) is 15.9. The molecular weight excluding hydrogens is 429 g/mol. The van der Waals surface area contributed by atoms with Crippen molar-refractivity contribution >= 4 is 5.97 Å². The molecule has 4 atom stereocenters. The van der Waals surface area contributed by atoms with E-state index in [-0.39, 0.29) is 17.2 Å². The second-order valence-corrected chi connectivity index (χ2v) is 9.15. The van der Waals surface area contributed by atoms with Gasteiger partial charge in [-0.1, -0.05) is 18.2 Å². The predicted octanol–water partition coefficient (Wildman–Crippen LogP) is 7.21. The molecule has 33 heavy (non-hydrogen) atoms. The standard InChI is InChI=1S/C27H29F3O3/c1-3-4-16-5-6-18-14-19(8-7-17(18)13-16)20-9-10-21(22(28)15-20)27(31)33-24-12-11-23(32-2)25(29)26(24)30/h3-4,9-12,15-19H,5-8,13-14H2,1-2H3/b4-3+. The smallest absolute Gasteiger partial charge is 0.346 e. The van der Waals surface area contributed by atoms with Crippen LogP contribution in [-0.4, -0.2) is 13.1 Å². The van der Waals surface area contributed by atoms with Crippen molar-refractivity contribution in [2.75, 3.05) is 7.11 Å². The van der Waals surface area contributed by atoms with Crippen LogP contribution in [0.2, 0.25) is 0 Å². The minimum absolute atomic E-state index is 0.261. The Hall–Kier alpha value is -2.76. The number of rotatable bonds is 5. The van der Waals surface area contributed by atoms with Crippen molar-refractivity contribution in [2.24, 2.45) is 17.8 Å². The van der Waals surface area contributed by atoms with Crippen LogP contribution in [0.25, 0.3) is 0 Å². The maximum absolute atomic E-state index is 14.8. The fourth-order valence-corrected chi connectivity index (χ4v) is 5.53. The first-order valence-corrected chi connectivity index (χ1v) is 11.6. The maximum Gasteiger partial charge on any atom is 0.346 e. The van der Waals surface area contributed by atoms with Gasteiger partial charge in [0.2, 0.25) is 11.6 Å². The lowest BCUT2D eigenvalue weighted by Crippen LogP contribution is -2.30. The Bertz CT molecular complexity index is 1050. The Labute approximate surface area is 192 Å². The van der Waals surface area contributed by atoms with Gasteiger partial charge in [-0.25, -0.2) is 9.18 Å². The fraction of sp³-hybridized carbons (Fsp3) is 0.444. The highest BCUT2D eigenvalue weighted by atomic mass is 19.2. The number of halogens is 3. The number of allylic oxidation sites excluding steroid dienone is 2. The number of ether oxygens (including phenoxy) is 2. The van der Waals surface area contributed by atoms with Gasteiger partial charge in [0, 0.05) is 0 Å². The number of benzene rings is 2. The van der Waals surface area contributed by atoms with Crippen molar-refractivity contribution in [3.8, 4) is 11.5 Å². The summed E-state index contributed by atoms with van der Waals surface area (Å²) in [6.07, 6.45) is 11.3. The first kappa shape index (κ1) is 23.4. The minimum Gasteiger partial charge on any atom is -0.494 e. The van der Waals surface area contributed by atoms with E-state index in [0.29, 0.717) is 11.8 Å². The lowest BCUT2D eigenvalue weighted by atomic mass is 9.64. The lowest BCUT2D eigenvalue weighted by molar-refractivity contribution is 0.0721. The van der Waals surface area contributed by atoms with Gasteiger partial charge >= 0.3 is 5.97 Å². The van der Waals surface area contributed by atoms with Gasteiger partial charge < -0.3 is 9.47 Å². The average molecular weight is 459 g/mol. The summed E-state index contributed by atoms with van der Waals surface area (Å²) in [4.78, 5) is 12.4. The highest BCUT2D eigenvalue weighted by Gasteiger charge is 2.35. The summed E-state index contributed by atoms with van der Waals surface area (Å²) < 4.78 is 52.4. The molecule has 0 amide bonds. The van der Waals surface area contributed by atoms with E-state index < -0.39 is 29.2 Å². The average Bonchev–Trinajstić information content (AvgIpc) is 2.82. The topological polar surface area (TPSA) is 35.5 Å². The molecule has 0 aromatic heterocycles. The zero-order valence-electron chi connectivity index (χ0n) is 19.0. The second kappa shape index (κ2) is 10.0. The molecular formula is C27H29F3O3. The largest absolute Gasteiger partial charge is 0.494 e. The van der Waals surface area contributed by atoms with Gasteiger partial charge in [-0.05, 0) is 98.9 Å². The van der Waals surface area contributed by atoms with Gasteiger partial charge in [0.1, 0.15) is 5.82 Å². The normalized spacial score (nSPS) is 25.0. The SMILES string of the molecule is C/C=C/C1CCC2CC(c3ccc(C(=O)Oc4ccc(OC)c(F)c4F)c(F)c3)CCC2C1. The van der Waals surface area contributed by atoms with Gasteiger partial charge in [0.05, 0.1) is 12.7 Å². The fourth-order valence-electron chi connectivity index (χ4n) is 5.53. The molecule has 2 aromatic carbocycles. The van der Waals surface area contributed by atoms with Crippen LogP contribution >= 0.6 is 0 Å². The van der Waals surface area contributed by atoms with Crippen molar-refractivity contribution in [3.05, 3.63) is 71.1 Å². The van der Waals surface area contributed by atoms with Crippen molar-refractivity contribution in [1.82, 2.24) is 0 Å². The molecule has 176 valence electrons. The number of fused-ring (bicyclic) bond motifs is 1. The monoisotopic (exact) mass is 458 g/mol. The van der Waals surface area contributed by atoms with Crippen molar-refractivity contribution in [1.29, 1.82) is 0 Å². The number of esters is 1. The summed E-state index contributed by atoms with van der Waals surface area (Å²) in [6, 6.07) is 6.73. The Morgan fingerprint density at radius 3 is 2.36 bits per heavy atom. The first-order valence-electron chi connectivity index (χ1n) is 11.6. The Kier molecular flexibility index (Phi) is 7.11. The van der Waals surface area contributed by atoms with E-state index in [1.54, 1.807) is 6.07 Å². The van der Waals surface area contributed by atoms with Crippen molar-refractivity contribution in [2.45, 2.75) is 51.4 Å². The van der Waals surface area contributed by atoms with E-state index in [9.17, 15) is 18.0 Å². The number of carbonyl (C=O) groups excluding carboxylic acids is 1. The van der Waals surface area contributed by atoms with E-state index in [1.165, 1.54) is 38.5 Å². The molecule has 2 aliphatic carbocycles. The molecule has 2 aromatic rings. The zero-order chi connectivity index (χ0) is 23.5. The second-order valence-electron chi connectivity index (χ2n) is 9.15. The molecule has 2 saturated carbocycles. The molecule has 0 heterocycles. The molecule has 0 radical (unpaired) electrons. The molecule has 6 heteroatoms. The van der Waals surface area contributed by atoms with E-state index in [1.807, 2.05) is 0 Å². The van der Waals surface area contributed by atoms with Gasteiger partial charge in [0.25, 0.3) is 0 Å². The van der Waals surface area contributed by atoms with Gasteiger partial charge in [-0.2, -0.15) is 8.78 Å². The lowest BCUT2D eigenvalue weighted by Gasteiger charge is -2.41. The number of hydrogen-bond donors (Lipinski definition) is 0. The zero-order valence-corrected chi connectivity index (χ0v) is 19.0. The third-order valence-electron chi connectivity index (χ3n) is 7.24. The molecule has 4 unspecified atom stereocenters. The van der Waals surface area contributed by atoms with Gasteiger partial charge in [0.15, 0.2) is 11.5 Å². The van der Waals surface area contributed by atoms with Crippen LogP contribution < -0.4 is 9.47 Å². The quantitative estimate of drug-likeness (QED) is 0.270. The maximum atomic E-state index is 14.8. The molecule has 0 saturated heterocycles. The summed E-state index contributed by atoms with van der Waals surface area (Å²) in [5.41, 5.74) is 0.565.